The smallest absolute Gasteiger partial charge is 0.358 e. The van der Waals surface area contributed by atoms with Gasteiger partial charge in [-0.05, 0) is 66.8 Å². The van der Waals surface area contributed by atoms with Crippen molar-refractivity contribution >= 4 is 10.9 Å². The molecule has 0 spiro atoms. The predicted octanol–water partition coefficient (Wildman–Crippen LogP) is 6.64. The summed E-state index contributed by atoms with van der Waals surface area (Å²) in [7, 11) is 0. The lowest BCUT2D eigenvalue weighted by Gasteiger charge is -2.50. The number of nitrogens with two attached hydrogens (primary N) is 1. The highest BCUT2D eigenvalue weighted by Gasteiger charge is 2.48. The quantitative estimate of drug-likeness (QED) is 0.497. The summed E-state index contributed by atoms with van der Waals surface area (Å²) in [4.78, 5) is 3.41. The summed E-state index contributed by atoms with van der Waals surface area (Å²) in [5.41, 5.74) is 9.63. The van der Waals surface area contributed by atoms with Crippen LogP contribution in [-0.2, 0) is 11.7 Å². The van der Waals surface area contributed by atoms with Crippen LogP contribution in [0, 0.1) is 12.3 Å². The van der Waals surface area contributed by atoms with Crippen LogP contribution in [0.25, 0.3) is 10.9 Å². The maximum Gasteiger partial charge on any atom is 0.416 e. The number of benzene rings is 2. The molecule has 2 atom stereocenters. The minimum atomic E-state index is -4.33. The second-order valence-electron chi connectivity index (χ2n) is 9.08. The van der Waals surface area contributed by atoms with Crippen LogP contribution in [0.3, 0.4) is 0 Å². The molecule has 0 bridgehead atoms. The van der Waals surface area contributed by atoms with Crippen LogP contribution >= 0.6 is 0 Å². The lowest BCUT2D eigenvalue weighted by Crippen LogP contribution is -2.53. The molecule has 1 aliphatic rings. The van der Waals surface area contributed by atoms with Gasteiger partial charge in [-0.3, -0.25) is 0 Å². The van der Waals surface area contributed by atoms with Gasteiger partial charge in [0.1, 0.15) is 0 Å². The molecular formula is C24H27F3N2. The Hall–Kier alpha value is -2.27. The first kappa shape index (κ1) is 20.0. The Morgan fingerprint density at radius 2 is 1.76 bits per heavy atom. The van der Waals surface area contributed by atoms with Crippen molar-refractivity contribution < 1.29 is 13.2 Å². The zero-order chi connectivity index (χ0) is 21.0. The topological polar surface area (TPSA) is 41.8 Å². The number of hydrogen-bond donors (Lipinski definition) is 2. The third kappa shape index (κ3) is 3.25. The lowest BCUT2D eigenvalue weighted by molar-refractivity contribution is -0.137. The molecule has 4 rings (SSSR count). The van der Waals surface area contributed by atoms with E-state index in [1.54, 1.807) is 6.07 Å². The van der Waals surface area contributed by atoms with Crippen molar-refractivity contribution in [2.75, 3.05) is 0 Å². The van der Waals surface area contributed by atoms with E-state index in [9.17, 15) is 13.2 Å². The first-order valence-electron chi connectivity index (χ1n) is 10.1. The number of alkyl halides is 3. The molecule has 1 heterocycles. The summed E-state index contributed by atoms with van der Waals surface area (Å²) in [5, 5.41) is 0.653. The fourth-order valence-electron chi connectivity index (χ4n) is 5.09. The molecule has 2 nitrogen and oxygen atoms in total. The normalized spacial score (nSPS) is 24.7. The summed E-state index contributed by atoms with van der Waals surface area (Å²) in [5.74, 6) is 0.243. The number of nitrogens with one attached hydrogen (secondary N) is 1. The van der Waals surface area contributed by atoms with E-state index in [0.29, 0.717) is 5.39 Å². The maximum atomic E-state index is 13.1. The number of hydrogen-bond acceptors (Lipinski definition) is 1. The number of H-pyrrole nitrogens is 1. The summed E-state index contributed by atoms with van der Waals surface area (Å²) in [6, 6.07) is 14.2. The zero-order valence-electron chi connectivity index (χ0n) is 17.0. The van der Waals surface area contributed by atoms with Crippen LogP contribution in [0.2, 0.25) is 0 Å². The third-order valence-electron chi connectivity index (χ3n) is 6.97. The molecule has 0 radical (unpaired) electrons. The van der Waals surface area contributed by atoms with Gasteiger partial charge < -0.3 is 10.7 Å². The molecule has 0 saturated heterocycles. The van der Waals surface area contributed by atoms with Gasteiger partial charge >= 0.3 is 6.18 Å². The summed E-state index contributed by atoms with van der Waals surface area (Å²) >= 11 is 0. The zero-order valence-corrected chi connectivity index (χ0v) is 17.0. The van der Waals surface area contributed by atoms with Crippen LogP contribution < -0.4 is 5.73 Å². The van der Waals surface area contributed by atoms with Crippen LogP contribution in [-0.4, -0.2) is 4.98 Å². The number of aromatic nitrogens is 1. The van der Waals surface area contributed by atoms with E-state index in [-0.39, 0.29) is 11.3 Å². The van der Waals surface area contributed by atoms with Gasteiger partial charge in [0, 0.05) is 22.1 Å². The van der Waals surface area contributed by atoms with Crippen molar-refractivity contribution in [2.24, 2.45) is 11.1 Å². The van der Waals surface area contributed by atoms with E-state index < -0.39 is 17.3 Å². The van der Waals surface area contributed by atoms with Gasteiger partial charge in [-0.1, -0.05) is 44.2 Å². The first-order valence-corrected chi connectivity index (χ1v) is 10.1. The fourth-order valence-corrected chi connectivity index (χ4v) is 5.09. The van der Waals surface area contributed by atoms with Crippen LogP contribution in [0.4, 0.5) is 13.2 Å². The average molecular weight is 400 g/mol. The Balaban J connectivity index is 1.69. The van der Waals surface area contributed by atoms with E-state index in [2.05, 4.69) is 31.0 Å². The van der Waals surface area contributed by atoms with Gasteiger partial charge in [0.2, 0.25) is 0 Å². The molecular weight excluding hydrogens is 373 g/mol. The minimum Gasteiger partial charge on any atom is -0.358 e. The van der Waals surface area contributed by atoms with Crippen LogP contribution in [0.5, 0.6) is 0 Å². The Labute approximate surface area is 169 Å². The van der Waals surface area contributed by atoms with Gasteiger partial charge in [0.15, 0.2) is 0 Å². The molecule has 1 aliphatic carbocycles. The van der Waals surface area contributed by atoms with Crippen molar-refractivity contribution in [2.45, 2.75) is 57.7 Å². The lowest BCUT2D eigenvalue weighted by atomic mass is 9.57. The number of rotatable bonds is 2. The van der Waals surface area contributed by atoms with E-state index in [1.165, 1.54) is 6.07 Å². The Kier molecular flexibility index (Phi) is 4.57. The molecule has 2 unspecified atom stereocenters. The SMILES string of the molecule is Cc1c(C2CCC(N)(c3ccccc3)C(C)(C)C2)[nH]c2ccc(C(F)(F)F)cc12. The van der Waals surface area contributed by atoms with Gasteiger partial charge in [0.05, 0.1) is 5.56 Å². The Morgan fingerprint density at radius 1 is 1.07 bits per heavy atom. The predicted molar refractivity (Wildman–Crippen MR) is 111 cm³/mol. The molecule has 2 aromatic carbocycles. The van der Waals surface area contributed by atoms with E-state index in [1.807, 2.05) is 25.1 Å². The average Bonchev–Trinajstić information content (AvgIpc) is 3.00. The molecule has 5 heteroatoms. The highest BCUT2D eigenvalue weighted by atomic mass is 19.4. The second kappa shape index (κ2) is 6.63. The Morgan fingerprint density at radius 3 is 2.38 bits per heavy atom. The van der Waals surface area contributed by atoms with E-state index in [0.717, 1.165) is 47.7 Å². The highest BCUT2D eigenvalue weighted by Crippen LogP contribution is 2.53. The van der Waals surface area contributed by atoms with Gasteiger partial charge in [-0.25, -0.2) is 0 Å². The minimum absolute atomic E-state index is 0.155. The van der Waals surface area contributed by atoms with Crippen LogP contribution in [0.15, 0.2) is 48.5 Å². The molecule has 0 amide bonds. The largest absolute Gasteiger partial charge is 0.416 e. The maximum absolute atomic E-state index is 13.1. The standard InChI is InChI=1S/C24H27F3N2/c1-15-19-13-18(24(25,26)27)9-10-20(19)29-21(15)16-11-12-23(28,22(2,3)14-16)17-7-5-4-6-8-17/h4-10,13,16,29H,11-12,14,28H2,1-3H3. The van der Waals surface area contributed by atoms with E-state index >= 15 is 0 Å². The van der Waals surface area contributed by atoms with Crippen molar-refractivity contribution in [3.05, 3.63) is 70.9 Å². The monoisotopic (exact) mass is 400 g/mol. The summed E-state index contributed by atoms with van der Waals surface area (Å²) < 4.78 is 39.4. The molecule has 1 fully saturated rings. The molecule has 1 aromatic heterocycles. The number of aromatic amines is 1. The molecule has 3 N–H and O–H groups in total. The Bertz CT molecular complexity index is 1030. The van der Waals surface area contributed by atoms with Crippen molar-refractivity contribution in [3.63, 3.8) is 0 Å². The number of fused-ring (bicyclic) bond motifs is 1. The van der Waals surface area contributed by atoms with Crippen molar-refractivity contribution in [1.29, 1.82) is 0 Å². The van der Waals surface area contributed by atoms with Crippen LogP contribution in [0.1, 0.15) is 61.4 Å². The fraction of sp³-hybridized carbons (Fsp3) is 0.417. The van der Waals surface area contributed by atoms with Gasteiger partial charge in [0.25, 0.3) is 0 Å². The van der Waals surface area contributed by atoms with Gasteiger partial charge in [-0.2, -0.15) is 13.2 Å². The van der Waals surface area contributed by atoms with Crippen molar-refractivity contribution in [1.82, 2.24) is 4.98 Å². The van der Waals surface area contributed by atoms with Crippen molar-refractivity contribution in [3.8, 4) is 0 Å². The molecule has 154 valence electrons. The second-order valence-corrected chi connectivity index (χ2v) is 9.08. The molecule has 3 aromatic rings. The summed E-state index contributed by atoms with van der Waals surface area (Å²) in [6.07, 6.45) is -1.73. The highest BCUT2D eigenvalue weighted by molar-refractivity contribution is 5.85. The van der Waals surface area contributed by atoms with Gasteiger partial charge in [-0.15, -0.1) is 0 Å². The molecule has 29 heavy (non-hydrogen) atoms. The molecule has 0 aliphatic heterocycles. The summed E-state index contributed by atoms with van der Waals surface area (Å²) in [6.45, 7) is 6.32. The van der Waals surface area contributed by atoms with E-state index in [4.69, 9.17) is 5.73 Å². The third-order valence-corrected chi connectivity index (χ3v) is 6.97. The number of aryl methyl sites for hydroxylation is 1. The number of halogens is 3. The molecule has 1 saturated carbocycles. The first-order chi connectivity index (χ1) is 13.5.